The highest BCUT2D eigenvalue weighted by Crippen LogP contribution is 2.46. The lowest BCUT2D eigenvalue weighted by molar-refractivity contribution is 0.0697. The molecule has 3 aromatic carbocycles. The summed E-state index contributed by atoms with van der Waals surface area (Å²) in [5.74, 6) is -1.05. The molecule has 2 aliphatic rings. The van der Waals surface area contributed by atoms with E-state index >= 15 is 0 Å². The second-order valence-corrected chi connectivity index (χ2v) is 9.64. The molecule has 1 heterocycles. The van der Waals surface area contributed by atoms with Crippen LogP contribution in [-0.2, 0) is 13.1 Å². The van der Waals surface area contributed by atoms with Crippen molar-refractivity contribution in [2.75, 3.05) is 7.05 Å². The van der Waals surface area contributed by atoms with E-state index in [1.807, 2.05) is 42.3 Å². The minimum atomic E-state index is -1.11. The van der Waals surface area contributed by atoms with Crippen molar-refractivity contribution >= 4 is 40.1 Å². The van der Waals surface area contributed by atoms with Gasteiger partial charge in [-0.05, 0) is 36.4 Å². The number of aromatic hydroxyl groups is 1. The Balaban J connectivity index is 1.81. The number of hydrogen-bond acceptors (Lipinski definition) is 5. The van der Waals surface area contributed by atoms with Gasteiger partial charge in [0.2, 0.25) is 5.43 Å². The van der Waals surface area contributed by atoms with E-state index in [2.05, 4.69) is 0 Å². The fraction of sp³-hybridized carbons (Fsp3) is 0.103. The molecule has 0 spiro atoms. The Morgan fingerprint density at radius 2 is 1.62 bits per heavy atom. The summed E-state index contributed by atoms with van der Waals surface area (Å²) in [6, 6.07) is 20.7. The van der Waals surface area contributed by atoms with Gasteiger partial charge < -0.3 is 14.6 Å². The highest BCUT2D eigenvalue weighted by Gasteiger charge is 2.26. The lowest BCUT2D eigenvalue weighted by atomic mass is 9.90. The SMILES string of the molecule is CN(Cc1ccccc1)Cc1c(O)c(Cl)cc2c(-c3ccccc3C(=O)O)c3cc(Cl)c(=O)cc-3oc12. The van der Waals surface area contributed by atoms with Crippen LogP contribution in [-0.4, -0.2) is 28.1 Å². The summed E-state index contributed by atoms with van der Waals surface area (Å²) in [6.07, 6.45) is 0. The van der Waals surface area contributed by atoms with Gasteiger partial charge in [-0.15, -0.1) is 0 Å². The number of aromatic carboxylic acids is 1. The number of nitrogens with zero attached hydrogens (tertiary/aromatic N) is 1. The number of carbonyl (C=O) groups is 1. The van der Waals surface area contributed by atoms with E-state index in [0.717, 1.165) is 5.56 Å². The molecule has 1 aliphatic carbocycles. The summed E-state index contributed by atoms with van der Waals surface area (Å²) in [4.78, 5) is 26.5. The van der Waals surface area contributed by atoms with Crippen molar-refractivity contribution in [3.05, 3.63) is 110 Å². The molecule has 0 fully saturated rings. The maximum atomic E-state index is 12.4. The minimum absolute atomic E-state index is 0.0243. The summed E-state index contributed by atoms with van der Waals surface area (Å²) >= 11 is 12.7. The van der Waals surface area contributed by atoms with Crippen molar-refractivity contribution in [2.24, 2.45) is 0 Å². The number of carboxylic acids is 1. The molecule has 2 N–H and O–H groups in total. The van der Waals surface area contributed by atoms with Crippen LogP contribution in [0.25, 0.3) is 33.4 Å². The van der Waals surface area contributed by atoms with Crippen LogP contribution in [0, 0.1) is 0 Å². The monoisotopic (exact) mass is 533 g/mol. The van der Waals surface area contributed by atoms with Gasteiger partial charge in [-0.3, -0.25) is 9.69 Å². The van der Waals surface area contributed by atoms with Crippen molar-refractivity contribution in [1.82, 2.24) is 4.90 Å². The van der Waals surface area contributed by atoms with E-state index in [9.17, 15) is 19.8 Å². The molecule has 37 heavy (non-hydrogen) atoms. The molecule has 0 bridgehead atoms. The van der Waals surface area contributed by atoms with E-state index in [1.165, 1.54) is 18.2 Å². The maximum Gasteiger partial charge on any atom is 0.336 e. The molecule has 0 saturated carbocycles. The fourth-order valence-corrected chi connectivity index (χ4v) is 4.98. The lowest BCUT2D eigenvalue weighted by Crippen LogP contribution is -2.17. The van der Waals surface area contributed by atoms with Crippen molar-refractivity contribution in [2.45, 2.75) is 13.1 Å². The quantitative estimate of drug-likeness (QED) is 0.230. The molecule has 1 aliphatic heterocycles. The summed E-state index contributed by atoms with van der Waals surface area (Å²) in [7, 11) is 1.90. The Morgan fingerprint density at radius 3 is 2.35 bits per heavy atom. The van der Waals surface area contributed by atoms with Gasteiger partial charge in [0.15, 0.2) is 0 Å². The zero-order chi connectivity index (χ0) is 26.3. The van der Waals surface area contributed by atoms with E-state index < -0.39 is 11.4 Å². The zero-order valence-corrected chi connectivity index (χ0v) is 21.2. The van der Waals surface area contributed by atoms with Gasteiger partial charge in [0.05, 0.1) is 21.2 Å². The van der Waals surface area contributed by atoms with E-state index in [1.54, 1.807) is 24.3 Å². The van der Waals surface area contributed by atoms with Crippen LogP contribution in [0.2, 0.25) is 10.0 Å². The van der Waals surface area contributed by atoms with Gasteiger partial charge in [0.1, 0.15) is 17.1 Å². The normalized spacial score (nSPS) is 11.5. The average molecular weight is 534 g/mol. The molecule has 0 aromatic heterocycles. The van der Waals surface area contributed by atoms with Crippen molar-refractivity contribution < 1.29 is 19.4 Å². The lowest BCUT2D eigenvalue weighted by Gasteiger charge is -2.22. The van der Waals surface area contributed by atoms with E-state index in [-0.39, 0.29) is 33.7 Å². The highest BCUT2D eigenvalue weighted by atomic mass is 35.5. The molecular weight excluding hydrogens is 513 g/mol. The minimum Gasteiger partial charge on any atom is -0.506 e. The molecule has 3 aromatic rings. The first-order chi connectivity index (χ1) is 17.7. The number of phenols is 1. The molecule has 186 valence electrons. The predicted molar refractivity (Wildman–Crippen MR) is 145 cm³/mol. The number of carboxylic acid groups (broad SMARTS) is 1. The molecule has 0 saturated heterocycles. The molecule has 5 rings (SSSR count). The zero-order valence-electron chi connectivity index (χ0n) is 19.7. The van der Waals surface area contributed by atoms with Gasteiger partial charge >= 0.3 is 5.97 Å². The van der Waals surface area contributed by atoms with Crippen LogP contribution in [0.4, 0.5) is 0 Å². The third-order valence-corrected chi connectivity index (χ3v) is 6.82. The highest BCUT2D eigenvalue weighted by molar-refractivity contribution is 6.33. The average Bonchev–Trinajstić information content (AvgIpc) is 2.87. The van der Waals surface area contributed by atoms with Crippen molar-refractivity contribution in [3.8, 4) is 28.2 Å². The van der Waals surface area contributed by atoms with Crippen molar-refractivity contribution in [3.63, 3.8) is 0 Å². The third kappa shape index (κ3) is 4.67. The molecule has 0 unspecified atom stereocenters. The third-order valence-electron chi connectivity index (χ3n) is 6.24. The van der Waals surface area contributed by atoms with E-state index in [4.69, 9.17) is 27.6 Å². The fourth-order valence-electron chi connectivity index (χ4n) is 4.59. The van der Waals surface area contributed by atoms with E-state index in [0.29, 0.717) is 39.8 Å². The van der Waals surface area contributed by atoms with Gasteiger partial charge in [-0.1, -0.05) is 71.7 Å². The summed E-state index contributed by atoms with van der Waals surface area (Å²) < 4.78 is 6.21. The number of fused-ring (bicyclic) bond motifs is 2. The Hall–Kier alpha value is -3.84. The topological polar surface area (TPSA) is 91.0 Å². The first-order valence-corrected chi connectivity index (χ1v) is 12.2. The Labute approximate surface area is 222 Å². The van der Waals surface area contributed by atoms with Gasteiger partial charge in [0, 0.05) is 35.7 Å². The van der Waals surface area contributed by atoms with Crippen LogP contribution >= 0.6 is 23.2 Å². The van der Waals surface area contributed by atoms with Crippen molar-refractivity contribution in [1.29, 1.82) is 0 Å². The Bertz CT molecular complexity index is 1680. The second kappa shape index (κ2) is 9.90. The standard InChI is InChI=1S/C29H21Cl2NO5/c1-32(14-16-7-3-2-4-8-16)15-21-27(34)23(31)12-20-26(17-9-5-6-10-18(17)29(35)36)19-11-22(30)24(33)13-25(19)37-28(20)21/h2-13,34H,14-15H2,1H3,(H,35,36). The van der Waals surface area contributed by atoms with Crippen LogP contribution in [0.3, 0.4) is 0 Å². The largest absolute Gasteiger partial charge is 0.506 e. The summed E-state index contributed by atoms with van der Waals surface area (Å²) in [5, 5.41) is 21.5. The number of hydrogen-bond donors (Lipinski definition) is 2. The van der Waals surface area contributed by atoms with Gasteiger partial charge in [0.25, 0.3) is 0 Å². The molecule has 8 heteroatoms. The first kappa shape index (κ1) is 24.8. The summed E-state index contributed by atoms with van der Waals surface area (Å²) in [6.45, 7) is 0.863. The molecule has 6 nitrogen and oxygen atoms in total. The molecule has 0 amide bonds. The summed E-state index contributed by atoms with van der Waals surface area (Å²) in [5.41, 5.74) is 2.77. The maximum absolute atomic E-state index is 12.4. The van der Waals surface area contributed by atoms with Gasteiger partial charge in [-0.2, -0.15) is 0 Å². The smallest absolute Gasteiger partial charge is 0.336 e. The Morgan fingerprint density at radius 1 is 0.919 bits per heavy atom. The predicted octanol–water partition coefficient (Wildman–Crippen LogP) is 6.91. The number of halogens is 2. The van der Waals surface area contributed by atoms with Crippen LogP contribution in [0.15, 0.2) is 82.0 Å². The van der Waals surface area contributed by atoms with Crippen LogP contribution in [0.5, 0.6) is 5.75 Å². The first-order valence-electron chi connectivity index (χ1n) is 11.4. The molecule has 0 radical (unpaired) electrons. The van der Waals surface area contributed by atoms with Crippen LogP contribution < -0.4 is 5.43 Å². The van der Waals surface area contributed by atoms with Gasteiger partial charge in [-0.25, -0.2) is 4.79 Å². The Kier molecular flexibility index (Phi) is 6.65. The molecular formula is C29H21Cl2NO5. The second-order valence-electron chi connectivity index (χ2n) is 8.83. The number of benzene rings is 4. The number of rotatable bonds is 6. The molecule has 0 atom stereocenters. The van der Waals surface area contributed by atoms with Crippen LogP contribution in [0.1, 0.15) is 21.5 Å². The number of phenolic OH excluding ortho intramolecular Hbond substituents is 1.